The molecule has 2 heterocycles. The van der Waals surface area contributed by atoms with Crippen molar-refractivity contribution in [1.29, 1.82) is 0 Å². The Morgan fingerprint density at radius 1 is 1.10 bits per heavy atom. The first-order valence-corrected chi connectivity index (χ1v) is 16.8. The number of nitrogens with one attached hydrogen (secondary N) is 1. The van der Waals surface area contributed by atoms with Crippen molar-refractivity contribution in [2.24, 2.45) is 23.7 Å². The maximum absolute atomic E-state index is 14.0. The Hall–Kier alpha value is -2.13. The lowest BCUT2D eigenvalue weighted by Gasteiger charge is -2.37. The van der Waals surface area contributed by atoms with Crippen molar-refractivity contribution in [3.63, 3.8) is 0 Å². The largest absolute Gasteiger partial charge is 0.348 e. The van der Waals surface area contributed by atoms with E-state index in [-0.39, 0.29) is 71.1 Å². The maximum Gasteiger partial charge on any atom is 0.270 e. The van der Waals surface area contributed by atoms with Crippen LogP contribution < -0.4 is 5.32 Å². The highest BCUT2D eigenvalue weighted by molar-refractivity contribution is 7.09. The number of likely N-dealkylation sites (tertiary alicyclic amines) is 1. The molecular formula is C33H56N4O4S. The van der Waals surface area contributed by atoms with Crippen LogP contribution in [-0.2, 0) is 14.4 Å². The molecule has 42 heavy (non-hydrogen) atoms. The minimum Gasteiger partial charge on any atom is -0.348 e. The molecule has 7 unspecified atom stereocenters. The number of carbonyl (C=O) groups excluding carboxylic acids is 4. The highest BCUT2D eigenvalue weighted by Gasteiger charge is 2.36. The molecular weight excluding hydrogens is 548 g/mol. The molecule has 1 aromatic rings. The van der Waals surface area contributed by atoms with Gasteiger partial charge in [0.25, 0.3) is 5.91 Å². The number of Topliss-reactive ketones (excluding diaryl/α,β-unsaturated/α-hetero) is 2. The third-order valence-electron chi connectivity index (χ3n) is 9.38. The van der Waals surface area contributed by atoms with Gasteiger partial charge in [0.05, 0.1) is 11.0 Å². The van der Waals surface area contributed by atoms with Crippen LogP contribution in [0.4, 0.5) is 0 Å². The monoisotopic (exact) mass is 604 g/mol. The van der Waals surface area contributed by atoms with E-state index in [2.05, 4.69) is 49.8 Å². The van der Waals surface area contributed by atoms with Crippen molar-refractivity contribution in [2.75, 3.05) is 20.6 Å². The van der Waals surface area contributed by atoms with Gasteiger partial charge in [0.2, 0.25) is 5.91 Å². The molecule has 9 heteroatoms. The van der Waals surface area contributed by atoms with E-state index in [1.807, 2.05) is 32.8 Å². The van der Waals surface area contributed by atoms with Gasteiger partial charge in [-0.1, -0.05) is 54.4 Å². The molecule has 0 aliphatic carbocycles. The van der Waals surface area contributed by atoms with E-state index >= 15 is 0 Å². The Labute approximate surface area is 258 Å². The number of hydrogen-bond donors (Lipinski definition) is 1. The number of nitrogens with zero attached hydrogens (tertiary/aromatic N) is 3. The van der Waals surface area contributed by atoms with Gasteiger partial charge in [-0.3, -0.25) is 24.1 Å². The van der Waals surface area contributed by atoms with E-state index in [0.717, 1.165) is 37.2 Å². The van der Waals surface area contributed by atoms with Gasteiger partial charge in [-0.2, -0.15) is 0 Å². The molecule has 0 radical (unpaired) electrons. The lowest BCUT2D eigenvalue weighted by Crippen LogP contribution is -2.48. The van der Waals surface area contributed by atoms with Gasteiger partial charge in [-0.05, 0) is 65.0 Å². The smallest absolute Gasteiger partial charge is 0.270 e. The molecule has 1 N–H and O–H groups in total. The minimum atomic E-state index is -0.331. The molecule has 0 spiro atoms. The molecule has 2 rings (SSSR count). The number of thiazole rings is 1. The molecule has 7 atom stereocenters. The Balaban J connectivity index is 2.11. The average Bonchev–Trinajstić information content (AvgIpc) is 3.44. The average molecular weight is 605 g/mol. The number of ketones is 2. The van der Waals surface area contributed by atoms with Crippen LogP contribution in [0.25, 0.3) is 0 Å². The first-order chi connectivity index (χ1) is 19.7. The fourth-order valence-electron chi connectivity index (χ4n) is 6.09. The summed E-state index contributed by atoms with van der Waals surface area (Å²) in [5.41, 5.74) is 0.387. The van der Waals surface area contributed by atoms with Crippen molar-refractivity contribution in [2.45, 2.75) is 124 Å². The van der Waals surface area contributed by atoms with Gasteiger partial charge < -0.3 is 10.2 Å². The van der Waals surface area contributed by atoms with Crippen LogP contribution in [0.2, 0.25) is 0 Å². The predicted octanol–water partition coefficient (Wildman–Crippen LogP) is 5.96. The Bertz CT molecular complexity index is 1060. The lowest BCUT2D eigenvalue weighted by molar-refractivity contribution is -0.142. The normalized spacial score (nSPS) is 20.3. The highest BCUT2D eigenvalue weighted by Crippen LogP contribution is 2.31. The number of carbonyl (C=O) groups is 4. The number of hydrogen-bond acceptors (Lipinski definition) is 7. The zero-order chi connectivity index (χ0) is 31.7. The standard InChI is InChI=1S/C33H56N4O4S/c1-11-21(4)26(18-30(39)28-14-12-13-15-36(28)9)33(41)37(10)29(20(2)3)17-23(6)32-35-27(19-42-32)31(40)34-24(7)16-22(5)25(8)38/h19-24,26,28-29H,11-18H2,1-10H3,(H,34,40). The highest BCUT2D eigenvalue weighted by atomic mass is 32.1. The molecule has 1 aliphatic heterocycles. The molecule has 238 valence electrons. The second kappa shape index (κ2) is 16.6. The molecule has 8 nitrogen and oxygen atoms in total. The van der Waals surface area contributed by atoms with Gasteiger partial charge >= 0.3 is 0 Å². The van der Waals surface area contributed by atoms with Crippen molar-refractivity contribution in [3.8, 4) is 0 Å². The fourth-order valence-corrected chi connectivity index (χ4v) is 6.96. The van der Waals surface area contributed by atoms with Gasteiger partial charge in [0.15, 0.2) is 5.78 Å². The number of aromatic nitrogens is 1. The van der Waals surface area contributed by atoms with Crippen LogP contribution in [0.1, 0.15) is 122 Å². The summed E-state index contributed by atoms with van der Waals surface area (Å²) >= 11 is 1.47. The lowest BCUT2D eigenvalue weighted by atomic mass is 9.82. The Kier molecular flexibility index (Phi) is 14.3. The Morgan fingerprint density at radius 3 is 2.33 bits per heavy atom. The number of amides is 2. The quantitative estimate of drug-likeness (QED) is 0.250. The maximum atomic E-state index is 14.0. The van der Waals surface area contributed by atoms with E-state index in [0.29, 0.717) is 25.0 Å². The van der Waals surface area contributed by atoms with E-state index in [1.54, 1.807) is 12.3 Å². The Morgan fingerprint density at radius 2 is 1.76 bits per heavy atom. The number of likely N-dealkylation sites (N-methyl/N-ethyl adjacent to an activating group) is 1. The van der Waals surface area contributed by atoms with Gasteiger partial charge in [0, 0.05) is 48.7 Å². The topological polar surface area (TPSA) is 99.7 Å². The van der Waals surface area contributed by atoms with Crippen molar-refractivity contribution < 1.29 is 19.2 Å². The summed E-state index contributed by atoms with van der Waals surface area (Å²) < 4.78 is 0. The number of piperidine rings is 1. The van der Waals surface area contributed by atoms with Crippen LogP contribution in [0.5, 0.6) is 0 Å². The summed E-state index contributed by atoms with van der Waals surface area (Å²) in [6.45, 7) is 16.8. The van der Waals surface area contributed by atoms with Crippen LogP contribution in [0, 0.1) is 23.7 Å². The van der Waals surface area contributed by atoms with Crippen LogP contribution in [0.15, 0.2) is 5.38 Å². The van der Waals surface area contributed by atoms with Crippen molar-refractivity contribution in [3.05, 3.63) is 16.1 Å². The third-order valence-corrected chi connectivity index (χ3v) is 10.5. The summed E-state index contributed by atoms with van der Waals surface area (Å²) in [4.78, 5) is 60.5. The molecule has 0 bridgehead atoms. The van der Waals surface area contributed by atoms with Gasteiger partial charge in [-0.25, -0.2) is 4.98 Å². The molecule has 0 saturated carbocycles. The number of rotatable bonds is 16. The van der Waals surface area contributed by atoms with E-state index in [4.69, 9.17) is 0 Å². The van der Waals surface area contributed by atoms with Gasteiger partial charge in [0.1, 0.15) is 11.5 Å². The predicted molar refractivity (Wildman–Crippen MR) is 171 cm³/mol. The molecule has 2 amide bonds. The zero-order valence-electron chi connectivity index (χ0n) is 27.7. The first kappa shape index (κ1) is 36.1. The SMILES string of the molecule is CCC(C)C(CC(=O)C1CCCCN1C)C(=O)N(C)C(CC(C)c1nc(C(=O)NC(C)CC(C)C(C)=O)cs1)C(C)C. The summed E-state index contributed by atoms with van der Waals surface area (Å²) in [5.74, 6) is 0.0670. The molecule has 1 aliphatic rings. The third kappa shape index (κ3) is 9.97. The van der Waals surface area contributed by atoms with Crippen molar-refractivity contribution in [1.82, 2.24) is 20.1 Å². The minimum absolute atomic E-state index is 0.0271. The molecule has 0 aromatic carbocycles. The van der Waals surface area contributed by atoms with Crippen LogP contribution in [0.3, 0.4) is 0 Å². The van der Waals surface area contributed by atoms with Crippen LogP contribution in [-0.4, -0.2) is 76.9 Å². The summed E-state index contributed by atoms with van der Waals surface area (Å²) in [7, 11) is 3.91. The first-order valence-electron chi connectivity index (χ1n) is 15.9. The summed E-state index contributed by atoms with van der Waals surface area (Å²) in [6.07, 6.45) is 5.51. The van der Waals surface area contributed by atoms with E-state index < -0.39 is 0 Å². The summed E-state index contributed by atoms with van der Waals surface area (Å²) in [6, 6.07) is -0.241. The van der Waals surface area contributed by atoms with E-state index in [1.165, 1.54) is 11.3 Å². The van der Waals surface area contributed by atoms with E-state index in [9.17, 15) is 19.2 Å². The van der Waals surface area contributed by atoms with Gasteiger partial charge in [-0.15, -0.1) is 11.3 Å². The van der Waals surface area contributed by atoms with Crippen LogP contribution >= 0.6 is 11.3 Å². The zero-order valence-corrected chi connectivity index (χ0v) is 28.6. The second-order valence-corrected chi connectivity index (χ2v) is 14.1. The van der Waals surface area contributed by atoms with Crippen molar-refractivity contribution >= 4 is 34.7 Å². The molecule has 1 saturated heterocycles. The molecule has 1 aromatic heterocycles. The molecule has 1 fully saturated rings. The fraction of sp³-hybridized carbons (Fsp3) is 0.788. The summed E-state index contributed by atoms with van der Waals surface area (Å²) in [5, 5.41) is 5.62. The second-order valence-electron chi connectivity index (χ2n) is 13.2.